The number of carbonyl (C=O) groups is 2. The minimum Gasteiger partial charge on any atom is -0.444 e. The van der Waals surface area contributed by atoms with Crippen LogP contribution >= 0.6 is 11.8 Å². The summed E-state index contributed by atoms with van der Waals surface area (Å²) in [6.07, 6.45) is -0.509. The van der Waals surface area contributed by atoms with E-state index in [9.17, 15) is 9.59 Å². The summed E-state index contributed by atoms with van der Waals surface area (Å²) in [7, 11) is 0. The van der Waals surface area contributed by atoms with Gasteiger partial charge in [-0.1, -0.05) is 18.2 Å². The fraction of sp³-hybridized carbons (Fsp3) is 0.444. The molecule has 0 atom stereocenters. The lowest BCUT2D eigenvalue weighted by atomic mass is 10.1. The summed E-state index contributed by atoms with van der Waals surface area (Å²) in [5, 5.41) is 8.68. The van der Waals surface area contributed by atoms with E-state index >= 15 is 0 Å². The Morgan fingerprint density at radius 3 is 2.62 bits per heavy atom. The van der Waals surface area contributed by atoms with Crippen molar-refractivity contribution in [2.24, 2.45) is 0 Å². The highest BCUT2D eigenvalue weighted by Crippen LogP contribution is 2.20. The Balaban J connectivity index is 1.61. The molecule has 2 aromatic rings. The third-order valence-electron chi connectivity index (χ3n) is 3.62. The lowest BCUT2D eigenvalue weighted by Gasteiger charge is -2.28. The Bertz CT molecular complexity index is 799. The zero-order valence-electron chi connectivity index (χ0n) is 15.1. The van der Waals surface area contributed by atoms with Crippen molar-refractivity contribution in [2.45, 2.75) is 44.4 Å². The molecule has 7 nitrogen and oxygen atoms in total. The second-order valence-corrected chi connectivity index (χ2v) is 8.18. The summed E-state index contributed by atoms with van der Waals surface area (Å²) in [6.45, 7) is 6.18. The number of carbonyl (C=O) groups excluding carboxylic acids is 2. The van der Waals surface area contributed by atoms with Crippen LogP contribution in [-0.2, 0) is 17.8 Å². The average Bonchev–Trinajstić information content (AvgIpc) is 2.98. The number of benzene rings is 1. The first-order valence-corrected chi connectivity index (χ1v) is 9.43. The average molecular weight is 374 g/mol. The molecule has 0 spiro atoms. The zero-order valence-corrected chi connectivity index (χ0v) is 16.0. The van der Waals surface area contributed by atoms with E-state index in [0.29, 0.717) is 17.9 Å². The standard InChI is InChI=1S/C18H22N4O3S/c1-18(2,3)25-17(24)21-11-14-16(15(23)12-21)20-22(19-14)9-10-26-13-7-5-4-6-8-13/h4-8H,9-12H2,1-3H3. The summed E-state index contributed by atoms with van der Waals surface area (Å²) in [5.41, 5.74) is 0.276. The van der Waals surface area contributed by atoms with Gasteiger partial charge in [0.1, 0.15) is 11.3 Å². The maximum absolute atomic E-state index is 12.3. The molecule has 1 amide bonds. The first-order valence-electron chi connectivity index (χ1n) is 8.45. The molecule has 0 N–H and O–H groups in total. The van der Waals surface area contributed by atoms with Gasteiger partial charge in [-0.15, -0.1) is 16.9 Å². The number of rotatable bonds is 4. The molecule has 0 unspecified atom stereocenters. The summed E-state index contributed by atoms with van der Waals surface area (Å²) >= 11 is 1.70. The van der Waals surface area contributed by atoms with Crippen LogP contribution in [0.2, 0.25) is 0 Å². The van der Waals surface area contributed by atoms with Gasteiger partial charge in [-0.25, -0.2) is 4.79 Å². The van der Waals surface area contributed by atoms with E-state index in [2.05, 4.69) is 22.3 Å². The third-order valence-corrected chi connectivity index (χ3v) is 4.61. The molecule has 0 saturated heterocycles. The van der Waals surface area contributed by atoms with Gasteiger partial charge in [-0.3, -0.25) is 9.69 Å². The van der Waals surface area contributed by atoms with E-state index in [1.165, 1.54) is 14.6 Å². The normalized spacial score (nSPS) is 14.3. The molecule has 0 aliphatic carbocycles. The number of amides is 1. The van der Waals surface area contributed by atoms with Crippen molar-refractivity contribution in [1.82, 2.24) is 19.9 Å². The Morgan fingerprint density at radius 2 is 1.92 bits per heavy atom. The molecule has 0 fully saturated rings. The fourth-order valence-corrected chi connectivity index (χ4v) is 3.35. The van der Waals surface area contributed by atoms with Crippen LogP contribution in [-0.4, -0.2) is 49.7 Å². The topological polar surface area (TPSA) is 77.3 Å². The second kappa shape index (κ2) is 7.49. The number of Topliss-reactive ketones (excluding diaryl/α,β-unsaturated/α-hetero) is 1. The van der Waals surface area contributed by atoms with Crippen molar-refractivity contribution in [3.05, 3.63) is 41.7 Å². The van der Waals surface area contributed by atoms with Gasteiger partial charge in [0.2, 0.25) is 5.78 Å². The van der Waals surface area contributed by atoms with Crippen molar-refractivity contribution in [1.29, 1.82) is 0 Å². The van der Waals surface area contributed by atoms with E-state index in [1.54, 1.807) is 32.5 Å². The van der Waals surface area contributed by atoms with Gasteiger partial charge in [-0.05, 0) is 32.9 Å². The van der Waals surface area contributed by atoms with E-state index in [1.807, 2.05) is 18.2 Å². The Labute approximate surface area is 156 Å². The molecule has 0 bridgehead atoms. The van der Waals surface area contributed by atoms with Crippen LogP contribution in [0.5, 0.6) is 0 Å². The minimum atomic E-state index is -0.604. The van der Waals surface area contributed by atoms with E-state index in [0.717, 1.165) is 5.75 Å². The highest BCUT2D eigenvalue weighted by molar-refractivity contribution is 7.99. The molecule has 138 valence electrons. The number of aryl methyl sites for hydroxylation is 1. The second-order valence-electron chi connectivity index (χ2n) is 7.01. The van der Waals surface area contributed by atoms with E-state index in [-0.39, 0.29) is 18.9 Å². The highest BCUT2D eigenvalue weighted by atomic mass is 32.2. The molecule has 3 rings (SSSR count). The number of thioether (sulfide) groups is 1. The van der Waals surface area contributed by atoms with Crippen LogP contribution in [0.15, 0.2) is 35.2 Å². The van der Waals surface area contributed by atoms with Gasteiger partial charge in [-0.2, -0.15) is 9.90 Å². The van der Waals surface area contributed by atoms with E-state index in [4.69, 9.17) is 4.74 Å². The molecular weight excluding hydrogens is 352 g/mol. The lowest BCUT2D eigenvalue weighted by molar-refractivity contribution is 0.0217. The summed E-state index contributed by atoms with van der Waals surface area (Å²) in [6, 6.07) is 10.1. The van der Waals surface area contributed by atoms with Crippen molar-refractivity contribution in [3.63, 3.8) is 0 Å². The highest BCUT2D eigenvalue weighted by Gasteiger charge is 2.33. The number of aromatic nitrogens is 3. The maximum Gasteiger partial charge on any atom is 0.411 e. The van der Waals surface area contributed by atoms with Gasteiger partial charge < -0.3 is 4.74 Å². The SMILES string of the molecule is CC(C)(C)OC(=O)N1CC(=O)c2nn(CCSc3ccccc3)nc2C1. The van der Waals surface area contributed by atoms with Crippen LogP contribution in [0.4, 0.5) is 4.79 Å². The summed E-state index contributed by atoms with van der Waals surface area (Å²) in [4.78, 5) is 28.6. The predicted octanol–water partition coefficient (Wildman–Crippen LogP) is 3.00. The van der Waals surface area contributed by atoms with Crippen molar-refractivity contribution in [2.75, 3.05) is 12.3 Å². The first-order chi connectivity index (χ1) is 12.3. The number of ketones is 1. The largest absolute Gasteiger partial charge is 0.444 e. The molecule has 1 aromatic heterocycles. The molecule has 26 heavy (non-hydrogen) atoms. The minimum absolute atomic E-state index is 0.0284. The molecular formula is C18H22N4O3S. The van der Waals surface area contributed by atoms with Gasteiger partial charge in [0, 0.05) is 10.6 Å². The zero-order chi connectivity index (χ0) is 18.7. The maximum atomic E-state index is 12.3. The monoisotopic (exact) mass is 374 g/mol. The van der Waals surface area contributed by atoms with E-state index < -0.39 is 11.7 Å². The lowest BCUT2D eigenvalue weighted by Crippen LogP contribution is -2.42. The molecule has 2 heterocycles. The number of nitrogens with zero attached hydrogens (tertiary/aromatic N) is 4. The van der Waals surface area contributed by atoms with Crippen LogP contribution in [0.25, 0.3) is 0 Å². The van der Waals surface area contributed by atoms with Gasteiger partial charge >= 0.3 is 6.09 Å². The number of hydrogen-bond acceptors (Lipinski definition) is 6. The number of hydrogen-bond donors (Lipinski definition) is 0. The predicted molar refractivity (Wildman–Crippen MR) is 98.2 cm³/mol. The fourth-order valence-electron chi connectivity index (χ4n) is 2.51. The van der Waals surface area contributed by atoms with Crippen LogP contribution in [0.1, 0.15) is 37.0 Å². The number of fused-ring (bicyclic) bond motifs is 1. The van der Waals surface area contributed by atoms with Crippen molar-refractivity contribution >= 4 is 23.6 Å². The van der Waals surface area contributed by atoms with Crippen molar-refractivity contribution in [3.8, 4) is 0 Å². The van der Waals surface area contributed by atoms with Crippen LogP contribution < -0.4 is 0 Å². The van der Waals surface area contributed by atoms with Gasteiger partial charge in [0.15, 0.2) is 5.69 Å². The molecule has 0 radical (unpaired) electrons. The first kappa shape index (κ1) is 18.4. The van der Waals surface area contributed by atoms with Gasteiger partial charge in [0.05, 0.1) is 19.6 Å². The summed E-state index contributed by atoms with van der Waals surface area (Å²) < 4.78 is 5.34. The van der Waals surface area contributed by atoms with Gasteiger partial charge in [0.25, 0.3) is 0 Å². The molecule has 0 saturated carbocycles. The Kier molecular flexibility index (Phi) is 5.31. The van der Waals surface area contributed by atoms with Crippen LogP contribution in [0.3, 0.4) is 0 Å². The van der Waals surface area contributed by atoms with Crippen LogP contribution in [0, 0.1) is 0 Å². The smallest absolute Gasteiger partial charge is 0.411 e. The Hall–Kier alpha value is -2.35. The quantitative estimate of drug-likeness (QED) is 0.766. The molecule has 1 aliphatic rings. The van der Waals surface area contributed by atoms with Crippen molar-refractivity contribution < 1.29 is 14.3 Å². The molecule has 1 aliphatic heterocycles. The third kappa shape index (κ3) is 4.63. The number of ether oxygens (including phenoxy) is 1. The molecule has 1 aromatic carbocycles. The summed E-state index contributed by atoms with van der Waals surface area (Å²) in [5.74, 6) is 0.584. The molecule has 8 heteroatoms. The Morgan fingerprint density at radius 1 is 1.19 bits per heavy atom.